The van der Waals surface area contributed by atoms with Crippen molar-refractivity contribution in [1.29, 1.82) is 0 Å². The molecule has 1 amide bonds. The minimum Gasteiger partial charge on any atom is -0.357 e. The summed E-state index contributed by atoms with van der Waals surface area (Å²) < 4.78 is 0. The number of pyridine rings is 1. The molecule has 2 aromatic rings. The lowest BCUT2D eigenvalue weighted by atomic mass is 10.2. The number of nitrogens with zero attached hydrogens (tertiary/aromatic N) is 4. The summed E-state index contributed by atoms with van der Waals surface area (Å²) in [6.45, 7) is 7.40. The fourth-order valence-corrected chi connectivity index (χ4v) is 3.27. The van der Waals surface area contributed by atoms with Gasteiger partial charge in [0, 0.05) is 56.1 Å². The largest absolute Gasteiger partial charge is 0.357 e. The smallest absolute Gasteiger partial charge is 0.251 e. The molecule has 0 saturated carbocycles. The van der Waals surface area contributed by atoms with Gasteiger partial charge in [0.25, 0.3) is 5.91 Å². The zero-order chi connectivity index (χ0) is 20.5. The first kappa shape index (κ1) is 24.2. The van der Waals surface area contributed by atoms with Crippen LogP contribution in [0.2, 0.25) is 5.02 Å². The quantitative estimate of drug-likeness (QED) is 0.254. The number of halogens is 2. The number of hydrogen-bond acceptors (Lipinski definition) is 4. The van der Waals surface area contributed by atoms with Gasteiger partial charge in [-0.05, 0) is 43.3 Å². The Morgan fingerprint density at radius 1 is 1.10 bits per heavy atom. The highest BCUT2D eigenvalue weighted by molar-refractivity contribution is 14.0. The molecule has 2 heterocycles. The number of piperazine rings is 1. The number of rotatable bonds is 6. The Morgan fingerprint density at radius 3 is 2.47 bits per heavy atom. The predicted octanol–water partition coefficient (Wildman–Crippen LogP) is 2.87. The van der Waals surface area contributed by atoms with Gasteiger partial charge >= 0.3 is 0 Å². The van der Waals surface area contributed by atoms with E-state index >= 15 is 0 Å². The third kappa shape index (κ3) is 7.02. The maximum absolute atomic E-state index is 12.2. The summed E-state index contributed by atoms with van der Waals surface area (Å²) in [7, 11) is 0. The van der Waals surface area contributed by atoms with Crippen molar-refractivity contribution in [2.24, 2.45) is 4.99 Å². The van der Waals surface area contributed by atoms with E-state index in [9.17, 15) is 4.79 Å². The summed E-state index contributed by atoms with van der Waals surface area (Å²) in [5.41, 5.74) is 0.593. The van der Waals surface area contributed by atoms with Crippen LogP contribution >= 0.6 is 35.6 Å². The number of carbonyl (C=O) groups excluding carboxylic acids is 1. The summed E-state index contributed by atoms with van der Waals surface area (Å²) in [4.78, 5) is 25.8. The Morgan fingerprint density at radius 2 is 1.83 bits per heavy atom. The van der Waals surface area contributed by atoms with E-state index in [1.165, 1.54) is 0 Å². The van der Waals surface area contributed by atoms with E-state index in [4.69, 9.17) is 11.6 Å². The SMILES string of the molecule is CCNC(=NCCNC(=O)c1ccc(Cl)cc1)N1CCN(c2ccccn2)CC1.I. The van der Waals surface area contributed by atoms with E-state index in [2.05, 4.69) is 37.3 Å². The van der Waals surface area contributed by atoms with E-state index in [1.807, 2.05) is 24.4 Å². The Balaban J connectivity index is 0.00000320. The molecule has 0 radical (unpaired) electrons. The molecule has 1 saturated heterocycles. The van der Waals surface area contributed by atoms with Crippen molar-refractivity contribution in [3.05, 3.63) is 59.2 Å². The number of amides is 1. The molecule has 162 valence electrons. The van der Waals surface area contributed by atoms with Crippen molar-refractivity contribution in [3.8, 4) is 0 Å². The van der Waals surface area contributed by atoms with Crippen LogP contribution in [0.15, 0.2) is 53.7 Å². The van der Waals surface area contributed by atoms with Gasteiger partial charge in [-0.15, -0.1) is 24.0 Å². The molecule has 3 rings (SSSR count). The number of carbonyl (C=O) groups is 1. The first-order valence-corrected chi connectivity index (χ1v) is 10.3. The molecule has 0 spiro atoms. The van der Waals surface area contributed by atoms with E-state index < -0.39 is 0 Å². The molecule has 9 heteroatoms. The maximum atomic E-state index is 12.2. The molecule has 1 fully saturated rings. The molecule has 1 aliphatic heterocycles. The van der Waals surface area contributed by atoms with Crippen molar-refractivity contribution < 1.29 is 4.79 Å². The number of aliphatic imine (C=N–C) groups is 1. The van der Waals surface area contributed by atoms with Crippen LogP contribution in [-0.4, -0.2) is 67.6 Å². The Bertz CT molecular complexity index is 810. The molecule has 1 aliphatic rings. The number of nitrogens with one attached hydrogen (secondary N) is 2. The lowest BCUT2D eigenvalue weighted by Crippen LogP contribution is -2.52. The first-order chi connectivity index (χ1) is 14.2. The molecule has 1 aromatic heterocycles. The van der Waals surface area contributed by atoms with Crippen LogP contribution in [-0.2, 0) is 0 Å². The van der Waals surface area contributed by atoms with Crippen molar-refractivity contribution in [1.82, 2.24) is 20.5 Å². The summed E-state index contributed by atoms with van der Waals surface area (Å²) in [6.07, 6.45) is 1.82. The summed E-state index contributed by atoms with van der Waals surface area (Å²) in [6, 6.07) is 12.8. The average molecular weight is 543 g/mol. The van der Waals surface area contributed by atoms with Gasteiger partial charge in [-0.3, -0.25) is 9.79 Å². The zero-order valence-electron chi connectivity index (χ0n) is 17.1. The third-order valence-corrected chi connectivity index (χ3v) is 4.90. The Labute approximate surface area is 199 Å². The second-order valence-electron chi connectivity index (χ2n) is 6.66. The van der Waals surface area contributed by atoms with E-state index in [-0.39, 0.29) is 29.9 Å². The van der Waals surface area contributed by atoms with Crippen LogP contribution in [0.1, 0.15) is 17.3 Å². The van der Waals surface area contributed by atoms with Gasteiger partial charge < -0.3 is 20.4 Å². The highest BCUT2D eigenvalue weighted by Crippen LogP contribution is 2.12. The van der Waals surface area contributed by atoms with Gasteiger partial charge in [0.15, 0.2) is 5.96 Å². The van der Waals surface area contributed by atoms with Crippen molar-refractivity contribution in [3.63, 3.8) is 0 Å². The molecular weight excluding hydrogens is 515 g/mol. The number of guanidine groups is 1. The van der Waals surface area contributed by atoms with Crippen LogP contribution < -0.4 is 15.5 Å². The van der Waals surface area contributed by atoms with Crippen LogP contribution in [0.25, 0.3) is 0 Å². The first-order valence-electron chi connectivity index (χ1n) is 9.90. The second-order valence-corrected chi connectivity index (χ2v) is 7.10. The van der Waals surface area contributed by atoms with Crippen LogP contribution in [0, 0.1) is 0 Å². The lowest BCUT2D eigenvalue weighted by Gasteiger charge is -2.37. The number of hydrogen-bond donors (Lipinski definition) is 2. The van der Waals surface area contributed by atoms with Gasteiger partial charge in [-0.2, -0.15) is 0 Å². The third-order valence-electron chi connectivity index (χ3n) is 4.65. The molecule has 0 aliphatic carbocycles. The summed E-state index contributed by atoms with van der Waals surface area (Å²) in [5.74, 6) is 1.78. The predicted molar refractivity (Wildman–Crippen MR) is 133 cm³/mol. The van der Waals surface area contributed by atoms with E-state index in [0.29, 0.717) is 23.7 Å². The molecular formula is C21H28ClIN6O. The monoisotopic (exact) mass is 542 g/mol. The Hall–Kier alpha value is -2.07. The number of benzene rings is 1. The highest BCUT2D eigenvalue weighted by Gasteiger charge is 2.20. The molecule has 0 bridgehead atoms. The normalized spacial score (nSPS) is 14.1. The maximum Gasteiger partial charge on any atom is 0.251 e. The highest BCUT2D eigenvalue weighted by atomic mass is 127. The standard InChI is InChI=1S/C21H27ClN6O.HI/c1-2-23-21(26-12-11-25-20(29)17-6-8-18(22)9-7-17)28-15-13-27(14-16-28)19-5-3-4-10-24-19;/h3-10H,2,11-16H2,1H3,(H,23,26)(H,25,29);1H. The van der Waals surface area contributed by atoms with Gasteiger partial charge in [0.2, 0.25) is 0 Å². The molecule has 0 unspecified atom stereocenters. The second kappa shape index (κ2) is 12.6. The van der Waals surface area contributed by atoms with Gasteiger partial charge in [-0.25, -0.2) is 4.98 Å². The molecule has 30 heavy (non-hydrogen) atoms. The van der Waals surface area contributed by atoms with Crippen molar-refractivity contribution >= 4 is 53.3 Å². The van der Waals surface area contributed by atoms with Crippen LogP contribution in [0.3, 0.4) is 0 Å². The van der Waals surface area contributed by atoms with Gasteiger partial charge in [0.1, 0.15) is 5.82 Å². The lowest BCUT2D eigenvalue weighted by molar-refractivity contribution is 0.0955. The zero-order valence-corrected chi connectivity index (χ0v) is 20.1. The summed E-state index contributed by atoms with van der Waals surface area (Å²) >= 11 is 5.86. The van der Waals surface area contributed by atoms with Gasteiger partial charge in [-0.1, -0.05) is 17.7 Å². The van der Waals surface area contributed by atoms with E-state index in [0.717, 1.165) is 44.5 Å². The minimum atomic E-state index is -0.120. The van der Waals surface area contributed by atoms with Crippen LogP contribution in [0.4, 0.5) is 5.82 Å². The molecule has 0 atom stereocenters. The average Bonchev–Trinajstić information content (AvgIpc) is 2.77. The van der Waals surface area contributed by atoms with Crippen molar-refractivity contribution in [2.75, 3.05) is 50.7 Å². The topological polar surface area (TPSA) is 72.9 Å². The van der Waals surface area contributed by atoms with Crippen LogP contribution in [0.5, 0.6) is 0 Å². The summed E-state index contributed by atoms with van der Waals surface area (Å²) in [5, 5.41) is 6.86. The van der Waals surface area contributed by atoms with Crippen molar-refractivity contribution in [2.45, 2.75) is 6.92 Å². The molecule has 1 aromatic carbocycles. The minimum absolute atomic E-state index is 0. The number of aromatic nitrogens is 1. The number of anilines is 1. The molecule has 2 N–H and O–H groups in total. The Kier molecular flexibility index (Phi) is 10.2. The van der Waals surface area contributed by atoms with Gasteiger partial charge in [0.05, 0.1) is 6.54 Å². The molecule has 7 nitrogen and oxygen atoms in total. The fraction of sp³-hybridized carbons (Fsp3) is 0.381. The van der Waals surface area contributed by atoms with E-state index in [1.54, 1.807) is 24.3 Å². The fourth-order valence-electron chi connectivity index (χ4n) is 3.15.